The number of alkyl halides is 3. The molecule has 0 aliphatic rings. The molecule has 4 nitrogen and oxygen atoms in total. The van der Waals surface area contributed by atoms with Crippen molar-refractivity contribution in [2.75, 3.05) is 20.7 Å². The van der Waals surface area contributed by atoms with E-state index in [2.05, 4.69) is 0 Å². The minimum atomic E-state index is -4.25. The van der Waals surface area contributed by atoms with Gasteiger partial charge < -0.3 is 10.5 Å². The summed E-state index contributed by atoms with van der Waals surface area (Å²) in [6.45, 7) is -0.954. The van der Waals surface area contributed by atoms with Crippen molar-refractivity contribution >= 4 is 5.84 Å². The molecule has 1 aromatic rings. The van der Waals surface area contributed by atoms with Crippen molar-refractivity contribution in [3.8, 4) is 5.75 Å². The Kier molecular flexibility index (Phi) is 4.77. The summed E-state index contributed by atoms with van der Waals surface area (Å²) in [5, 5.41) is 7.33. The zero-order chi connectivity index (χ0) is 14.6. The number of nitrogen functional groups attached to an aromatic ring is 1. The number of halogens is 3. The Morgan fingerprint density at radius 3 is 2.53 bits per heavy atom. The fourth-order valence-electron chi connectivity index (χ4n) is 1.72. The third-order valence-corrected chi connectivity index (χ3v) is 2.48. The first-order chi connectivity index (χ1) is 8.73. The second kappa shape index (κ2) is 5.92. The highest BCUT2D eigenvalue weighted by Gasteiger charge is 2.29. The van der Waals surface area contributed by atoms with E-state index in [4.69, 9.17) is 15.9 Å². The molecule has 19 heavy (non-hydrogen) atoms. The number of amidine groups is 1. The van der Waals surface area contributed by atoms with Crippen LogP contribution in [0, 0.1) is 5.41 Å². The molecule has 0 saturated heterocycles. The number of benzene rings is 1. The number of methoxy groups -OCH3 is 1. The van der Waals surface area contributed by atoms with Gasteiger partial charge in [-0.2, -0.15) is 13.2 Å². The molecule has 7 heteroatoms. The van der Waals surface area contributed by atoms with Crippen molar-refractivity contribution in [1.29, 1.82) is 5.41 Å². The lowest BCUT2D eigenvalue weighted by molar-refractivity contribution is -0.144. The van der Waals surface area contributed by atoms with Crippen molar-refractivity contribution in [1.82, 2.24) is 4.90 Å². The number of ether oxygens (including phenoxy) is 1. The van der Waals surface area contributed by atoms with Gasteiger partial charge in [-0.05, 0) is 25.2 Å². The molecule has 0 bridgehead atoms. The van der Waals surface area contributed by atoms with E-state index in [-0.39, 0.29) is 12.4 Å². The van der Waals surface area contributed by atoms with Crippen molar-refractivity contribution in [3.05, 3.63) is 29.3 Å². The van der Waals surface area contributed by atoms with Crippen molar-refractivity contribution in [2.24, 2.45) is 5.73 Å². The van der Waals surface area contributed by atoms with Crippen molar-refractivity contribution < 1.29 is 17.9 Å². The smallest absolute Gasteiger partial charge is 0.401 e. The highest BCUT2D eigenvalue weighted by molar-refractivity contribution is 5.95. The number of nitrogens with two attached hydrogens (primary N) is 1. The summed E-state index contributed by atoms with van der Waals surface area (Å²) in [6.07, 6.45) is -4.25. The Morgan fingerprint density at radius 2 is 2.05 bits per heavy atom. The molecule has 0 amide bonds. The maximum atomic E-state index is 12.3. The Morgan fingerprint density at radius 1 is 1.42 bits per heavy atom. The largest absolute Gasteiger partial charge is 0.496 e. The van der Waals surface area contributed by atoms with E-state index >= 15 is 0 Å². The van der Waals surface area contributed by atoms with E-state index in [0.29, 0.717) is 16.9 Å². The average molecular weight is 275 g/mol. The van der Waals surface area contributed by atoms with Gasteiger partial charge in [-0.25, -0.2) is 0 Å². The lowest BCUT2D eigenvalue weighted by atomic mass is 10.1. The predicted molar refractivity (Wildman–Crippen MR) is 66.4 cm³/mol. The van der Waals surface area contributed by atoms with Gasteiger partial charge in [0.2, 0.25) is 0 Å². The molecule has 0 aliphatic carbocycles. The summed E-state index contributed by atoms with van der Waals surface area (Å²) in [7, 11) is 2.81. The highest BCUT2D eigenvalue weighted by atomic mass is 19.4. The van der Waals surface area contributed by atoms with Gasteiger partial charge in [0.1, 0.15) is 11.6 Å². The van der Waals surface area contributed by atoms with Crippen LogP contribution in [0.2, 0.25) is 0 Å². The lowest BCUT2D eigenvalue weighted by Gasteiger charge is -2.20. The van der Waals surface area contributed by atoms with E-state index in [1.54, 1.807) is 18.2 Å². The molecule has 0 spiro atoms. The fourth-order valence-corrected chi connectivity index (χ4v) is 1.72. The first kappa shape index (κ1) is 15.3. The minimum Gasteiger partial charge on any atom is -0.496 e. The molecule has 0 aliphatic heterocycles. The fraction of sp³-hybridized carbons (Fsp3) is 0.417. The Bertz CT molecular complexity index is 460. The van der Waals surface area contributed by atoms with Crippen LogP contribution in [-0.2, 0) is 6.54 Å². The Hall–Kier alpha value is -1.76. The van der Waals surface area contributed by atoms with E-state index in [1.807, 2.05) is 0 Å². The molecule has 0 aromatic heterocycles. The lowest BCUT2D eigenvalue weighted by Crippen LogP contribution is -2.30. The van der Waals surface area contributed by atoms with Crippen molar-refractivity contribution in [3.63, 3.8) is 0 Å². The monoisotopic (exact) mass is 275 g/mol. The van der Waals surface area contributed by atoms with Crippen LogP contribution in [0.1, 0.15) is 11.1 Å². The molecule has 3 N–H and O–H groups in total. The zero-order valence-corrected chi connectivity index (χ0v) is 10.7. The van der Waals surface area contributed by atoms with Crippen LogP contribution >= 0.6 is 0 Å². The Balaban J connectivity index is 2.91. The number of hydrogen-bond donors (Lipinski definition) is 2. The first-order valence-electron chi connectivity index (χ1n) is 5.49. The standard InChI is InChI=1S/C12H16F3N3O/c1-18(7-12(13,14)15)6-9-5-8(11(16)17)3-4-10(9)19-2/h3-5H,6-7H2,1-2H3,(H3,16,17). The molecular weight excluding hydrogens is 259 g/mol. The van der Waals surface area contributed by atoms with Crippen LogP contribution in [0.15, 0.2) is 18.2 Å². The van der Waals surface area contributed by atoms with Gasteiger partial charge in [0.25, 0.3) is 0 Å². The summed E-state index contributed by atoms with van der Waals surface area (Å²) in [5.74, 6) is 0.335. The maximum absolute atomic E-state index is 12.3. The first-order valence-corrected chi connectivity index (χ1v) is 5.49. The molecule has 1 aromatic carbocycles. The number of nitrogens with one attached hydrogen (secondary N) is 1. The van der Waals surface area contributed by atoms with Crippen LogP contribution in [0.5, 0.6) is 5.75 Å². The normalized spacial score (nSPS) is 11.7. The van der Waals surface area contributed by atoms with E-state index in [1.165, 1.54) is 14.2 Å². The highest BCUT2D eigenvalue weighted by Crippen LogP contribution is 2.23. The number of hydrogen-bond acceptors (Lipinski definition) is 3. The molecule has 0 unspecified atom stereocenters. The van der Waals surface area contributed by atoms with Gasteiger partial charge in [-0.1, -0.05) is 0 Å². The van der Waals surface area contributed by atoms with Gasteiger partial charge in [0.05, 0.1) is 13.7 Å². The third-order valence-electron chi connectivity index (χ3n) is 2.48. The van der Waals surface area contributed by atoms with Crippen LogP contribution in [0.25, 0.3) is 0 Å². The molecule has 0 heterocycles. The van der Waals surface area contributed by atoms with Gasteiger partial charge >= 0.3 is 6.18 Å². The summed E-state index contributed by atoms with van der Waals surface area (Å²) in [4.78, 5) is 1.13. The third kappa shape index (κ3) is 4.78. The van der Waals surface area contributed by atoms with Crippen LogP contribution in [0.4, 0.5) is 13.2 Å². The summed E-state index contributed by atoms with van der Waals surface area (Å²) >= 11 is 0. The predicted octanol–water partition coefficient (Wildman–Crippen LogP) is 1.97. The van der Waals surface area contributed by atoms with Gasteiger partial charge in [-0.15, -0.1) is 0 Å². The summed E-state index contributed by atoms with van der Waals surface area (Å²) < 4.78 is 41.9. The van der Waals surface area contributed by atoms with Crippen LogP contribution in [-0.4, -0.2) is 37.6 Å². The van der Waals surface area contributed by atoms with Gasteiger partial charge in [-0.3, -0.25) is 10.3 Å². The van der Waals surface area contributed by atoms with E-state index < -0.39 is 12.7 Å². The molecule has 0 fully saturated rings. The second-order valence-electron chi connectivity index (χ2n) is 4.23. The van der Waals surface area contributed by atoms with Crippen molar-refractivity contribution in [2.45, 2.75) is 12.7 Å². The van der Waals surface area contributed by atoms with E-state index in [9.17, 15) is 13.2 Å². The summed E-state index contributed by atoms with van der Waals surface area (Å²) in [5.41, 5.74) is 6.37. The molecule has 0 radical (unpaired) electrons. The Labute approximate surface area is 109 Å². The number of nitrogens with zero attached hydrogens (tertiary/aromatic N) is 1. The second-order valence-corrected chi connectivity index (χ2v) is 4.23. The molecular formula is C12H16F3N3O. The van der Waals surface area contributed by atoms with Crippen LogP contribution in [0.3, 0.4) is 0 Å². The SMILES string of the molecule is COc1ccc(C(=N)N)cc1CN(C)CC(F)(F)F. The minimum absolute atomic E-state index is 0.0593. The molecule has 106 valence electrons. The molecule has 1 rings (SSSR count). The topological polar surface area (TPSA) is 62.3 Å². The van der Waals surface area contributed by atoms with E-state index in [0.717, 1.165) is 4.90 Å². The average Bonchev–Trinajstić information content (AvgIpc) is 2.26. The quantitative estimate of drug-likeness (QED) is 0.638. The molecule has 0 saturated carbocycles. The summed E-state index contributed by atoms with van der Waals surface area (Å²) in [6, 6.07) is 4.75. The maximum Gasteiger partial charge on any atom is 0.401 e. The van der Waals surface area contributed by atoms with Gasteiger partial charge in [0, 0.05) is 17.7 Å². The van der Waals surface area contributed by atoms with Crippen LogP contribution < -0.4 is 10.5 Å². The zero-order valence-electron chi connectivity index (χ0n) is 10.7. The molecule has 0 atom stereocenters. The van der Waals surface area contributed by atoms with Gasteiger partial charge in [0.15, 0.2) is 0 Å². The number of rotatable bonds is 5.